The highest BCUT2D eigenvalue weighted by Crippen LogP contribution is 2.49. The second kappa shape index (κ2) is 5.38. The van der Waals surface area contributed by atoms with Crippen molar-refractivity contribution >= 4 is 43.8 Å². The quantitative estimate of drug-likeness (QED) is 0.596. The van der Waals surface area contributed by atoms with E-state index in [1.54, 1.807) is 0 Å². The Balaban J connectivity index is 2.18. The number of carboxylic acids is 1. The molecule has 1 N–H and O–H groups in total. The van der Waals surface area contributed by atoms with Crippen molar-refractivity contribution in [3.63, 3.8) is 0 Å². The van der Waals surface area contributed by atoms with Gasteiger partial charge < -0.3 is 13.9 Å². The number of hydrogen-bond donors (Lipinski definition) is 1. The number of halogens is 1. The van der Waals surface area contributed by atoms with Gasteiger partial charge in [0.1, 0.15) is 22.7 Å². The standard InChI is InChI=1S/C19H19BrO4/c1-10-8-12-14(19(18(21)22)6-4-3-5-7-19)16-13(9-11(2)23-16)15(20)17(12)24-10/h8-9H,3-7H2,1-2H3,(H,21,22). The largest absolute Gasteiger partial charge is 0.481 e. The van der Waals surface area contributed by atoms with Crippen molar-refractivity contribution in [2.45, 2.75) is 51.4 Å². The van der Waals surface area contributed by atoms with Gasteiger partial charge in [-0.3, -0.25) is 4.79 Å². The van der Waals surface area contributed by atoms with Crippen molar-refractivity contribution in [1.82, 2.24) is 0 Å². The number of rotatable bonds is 2. The van der Waals surface area contributed by atoms with E-state index in [2.05, 4.69) is 15.9 Å². The monoisotopic (exact) mass is 390 g/mol. The summed E-state index contributed by atoms with van der Waals surface area (Å²) in [6, 6.07) is 3.88. The Bertz CT molecular complexity index is 899. The van der Waals surface area contributed by atoms with E-state index in [4.69, 9.17) is 8.83 Å². The summed E-state index contributed by atoms with van der Waals surface area (Å²) < 4.78 is 12.7. The minimum Gasteiger partial charge on any atom is -0.481 e. The number of carboxylic acid groups (broad SMARTS) is 1. The Morgan fingerprint density at radius 3 is 2.25 bits per heavy atom. The van der Waals surface area contributed by atoms with Gasteiger partial charge in [-0.05, 0) is 54.8 Å². The molecule has 1 aliphatic rings. The van der Waals surface area contributed by atoms with Gasteiger partial charge in [-0.25, -0.2) is 0 Å². The molecule has 3 aromatic rings. The maximum absolute atomic E-state index is 12.4. The van der Waals surface area contributed by atoms with E-state index >= 15 is 0 Å². The molecule has 126 valence electrons. The van der Waals surface area contributed by atoms with Crippen LogP contribution in [0.1, 0.15) is 49.2 Å². The summed E-state index contributed by atoms with van der Waals surface area (Å²) in [5, 5.41) is 11.9. The fourth-order valence-electron chi connectivity index (χ4n) is 4.17. The molecule has 4 nitrogen and oxygen atoms in total. The Morgan fingerprint density at radius 1 is 1.04 bits per heavy atom. The lowest BCUT2D eigenvalue weighted by Crippen LogP contribution is -2.38. The van der Waals surface area contributed by atoms with Crippen LogP contribution in [0.4, 0.5) is 0 Å². The summed E-state index contributed by atoms with van der Waals surface area (Å²) in [7, 11) is 0. The van der Waals surface area contributed by atoms with Crippen LogP contribution in [0.3, 0.4) is 0 Å². The van der Waals surface area contributed by atoms with Crippen LogP contribution in [0.5, 0.6) is 0 Å². The van der Waals surface area contributed by atoms with Crippen molar-refractivity contribution < 1.29 is 18.7 Å². The number of hydrogen-bond acceptors (Lipinski definition) is 3. The molecule has 0 aliphatic heterocycles. The van der Waals surface area contributed by atoms with Crippen molar-refractivity contribution in [3.8, 4) is 0 Å². The van der Waals surface area contributed by atoms with Crippen LogP contribution in [0, 0.1) is 13.8 Å². The minimum absolute atomic E-state index is 0.637. The molecule has 2 aromatic heterocycles. The third kappa shape index (κ3) is 2.07. The molecule has 0 saturated heterocycles. The number of furan rings is 2. The highest BCUT2D eigenvalue weighted by Gasteiger charge is 2.45. The van der Waals surface area contributed by atoms with Gasteiger partial charge >= 0.3 is 5.97 Å². The molecule has 5 heteroatoms. The normalized spacial score (nSPS) is 17.6. The Labute approximate surface area is 147 Å². The molecule has 0 radical (unpaired) electrons. The van der Waals surface area contributed by atoms with Crippen molar-refractivity contribution in [2.75, 3.05) is 0 Å². The summed E-state index contributed by atoms with van der Waals surface area (Å²) in [4.78, 5) is 12.4. The summed E-state index contributed by atoms with van der Waals surface area (Å²) in [6.07, 6.45) is 4.19. The number of fused-ring (bicyclic) bond motifs is 2. The molecule has 4 rings (SSSR count). The van der Waals surface area contributed by atoms with Crippen LogP contribution in [0.15, 0.2) is 25.4 Å². The van der Waals surface area contributed by atoms with Crippen molar-refractivity contribution in [3.05, 3.63) is 33.7 Å². The van der Waals surface area contributed by atoms with E-state index in [0.717, 1.165) is 51.6 Å². The highest BCUT2D eigenvalue weighted by atomic mass is 79.9. The minimum atomic E-state index is -0.907. The fraction of sp³-hybridized carbons (Fsp3) is 0.421. The van der Waals surface area contributed by atoms with Crippen molar-refractivity contribution in [1.29, 1.82) is 0 Å². The topological polar surface area (TPSA) is 63.6 Å². The fourth-order valence-corrected chi connectivity index (χ4v) is 4.76. The van der Waals surface area contributed by atoms with Gasteiger partial charge in [0.05, 0.1) is 9.89 Å². The van der Waals surface area contributed by atoms with Gasteiger partial charge in [-0.1, -0.05) is 19.3 Å². The molecular formula is C19H19BrO4. The average molecular weight is 391 g/mol. The van der Waals surface area contributed by atoms with Gasteiger partial charge in [0.15, 0.2) is 0 Å². The van der Waals surface area contributed by atoms with E-state index in [1.165, 1.54) is 0 Å². The SMILES string of the molecule is Cc1cc2c(C3(C(=O)O)CCCCC3)c3oc(C)cc3c(Br)c2o1. The second-order valence-electron chi connectivity index (χ2n) is 6.84. The molecule has 1 saturated carbocycles. The predicted octanol–water partition coefficient (Wildman–Crippen LogP) is 5.84. The molecule has 2 heterocycles. The Kier molecular flexibility index (Phi) is 3.53. The second-order valence-corrected chi connectivity index (χ2v) is 7.63. The average Bonchev–Trinajstić information content (AvgIpc) is 3.11. The van der Waals surface area contributed by atoms with E-state index in [0.29, 0.717) is 24.0 Å². The van der Waals surface area contributed by atoms with Crippen molar-refractivity contribution in [2.24, 2.45) is 0 Å². The Hall–Kier alpha value is -1.75. The van der Waals surface area contributed by atoms with E-state index in [9.17, 15) is 9.90 Å². The maximum Gasteiger partial charge on any atom is 0.314 e. The Morgan fingerprint density at radius 2 is 1.62 bits per heavy atom. The van der Waals surface area contributed by atoms with Crippen LogP contribution < -0.4 is 0 Å². The number of benzene rings is 1. The molecule has 1 aliphatic carbocycles. The molecular weight excluding hydrogens is 372 g/mol. The zero-order chi connectivity index (χ0) is 17.1. The van der Waals surface area contributed by atoms with Gasteiger partial charge in [-0.2, -0.15) is 0 Å². The van der Waals surface area contributed by atoms with Crippen LogP contribution in [-0.2, 0) is 10.2 Å². The summed E-state index contributed by atoms with van der Waals surface area (Å²) >= 11 is 3.62. The third-order valence-electron chi connectivity index (χ3n) is 5.24. The number of carbonyl (C=O) groups is 1. The molecule has 0 amide bonds. The van der Waals surface area contributed by atoms with E-state index in [1.807, 2.05) is 26.0 Å². The maximum atomic E-state index is 12.4. The van der Waals surface area contributed by atoms with Gasteiger partial charge in [0, 0.05) is 16.3 Å². The summed E-state index contributed by atoms with van der Waals surface area (Å²) in [6.45, 7) is 3.77. The van der Waals surface area contributed by atoms with Crippen LogP contribution >= 0.6 is 15.9 Å². The summed E-state index contributed by atoms with van der Waals surface area (Å²) in [5.41, 5.74) is 1.27. The van der Waals surface area contributed by atoms with Crippen LogP contribution in [0.2, 0.25) is 0 Å². The summed E-state index contributed by atoms with van der Waals surface area (Å²) in [5.74, 6) is 0.778. The first-order valence-electron chi connectivity index (χ1n) is 8.30. The first-order valence-corrected chi connectivity index (χ1v) is 9.09. The first kappa shape index (κ1) is 15.8. The molecule has 0 unspecified atom stereocenters. The lowest BCUT2D eigenvalue weighted by Gasteiger charge is -2.34. The lowest BCUT2D eigenvalue weighted by molar-refractivity contribution is -0.145. The highest BCUT2D eigenvalue weighted by molar-refractivity contribution is 9.10. The predicted molar refractivity (Wildman–Crippen MR) is 95.6 cm³/mol. The van der Waals surface area contributed by atoms with Crippen LogP contribution in [0.25, 0.3) is 21.9 Å². The molecule has 0 spiro atoms. The van der Waals surface area contributed by atoms with E-state index < -0.39 is 11.4 Å². The number of aliphatic carboxylic acids is 1. The molecule has 0 atom stereocenters. The first-order chi connectivity index (χ1) is 11.4. The molecule has 0 bridgehead atoms. The zero-order valence-electron chi connectivity index (χ0n) is 13.7. The molecule has 24 heavy (non-hydrogen) atoms. The van der Waals surface area contributed by atoms with Gasteiger partial charge in [0.25, 0.3) is 0 Å². The smallest absolute Gasteiger partial charge is 0.314 e. The lowest BCUT2D eigenvalue weighted by atomic mass is 9.68. The van der Waals surface area contributed by atoms with Crippen LogP contribution in [-0.4, -0.2) is 11.1 Å². The number of aryl methyl sites for hydroxylation is 2. The van der Waals surface area contributed by atoms with E-state index in [-0.39, 0.29) is 0 Å². The third-order valence-corrected chi connectivity index (χ3v) is 6.03. The molecule has 1 aromatic carbocycles. The van der Waals surface area contributed by atoms with Gasteiger partial charge in [0.2, 0.25) is 0 Å². The zero-order valence-corrected chi connectivity index (χ0v) is 15.3. The van der Waals surface area contributed by atoms with Gasteiger partial charge in [-0.15, -0.1) is 0 Å². The molecule has 1 fully saturated rings.